The molecule has 2 atom stereocenters. The summed E-state index contributed by atoms with van der Waals surface area (Å²) in [4.78, 5) is 25.9. The van der Waals surface area contributed by atoms with Crippen molar-refractivity contribution in [2.45, 2.75) is 30.4 Å². The van der Waals surface area contributed by atoms with E-state index in [1.807, 2.05) is 25.3 Å². The maximum atomic E-state index is 12.5. The Bertz CT molecular complexity index is 546. The van der Waals surface area contributed by atoms with Crippen molar-refractivity contribution in [1.82, 2.24) is 4.90 Å². The number of aliphatic hydroxyl groups is 1. The molecule has 5 nitrogen and oxygen atoms in total. The van der Waals surface area contributed by atoms with Crippen LogP contribution < -0.4 is 0 Å². The summed E-state index contributed by atoms with van der Waals surface area (Å²) in [6, 6.07) is 4.59. The van der Waals surface area contributed by atoms with Crippen LogP contribution in [0.2, 0.25) is 0 Å². The van der Waals surface area contributed by atoms with Crippen molar-refractivity contribution in [3.05, 3.63) is 29.3 Å². The Kier molecular flexibility index (Phi) is 4.35. The minimum atomic E-state index is -1.08. The minimum Gasteiger partial charge on any atom is -0.480 e. The number of aliphatic carboxylic acids is 1. The zero-order valence-electron chi connectivity index (χ0n) is 11.4. The van der Waals surface area contributed by atoms with Gasteiger partial charge in [0.1, 0.15) is 6.04 Å². The lowest BCUT2D eigenvalue weighted by atomic mass is 10.1. The maximum Gasteiger partial charge on any atom is 0.326 e. The van der Waals surface area contributed by atoms with Gasteiger partial charge in [-0.15, -0.1) is 11.8 Å². The van der Waals surface area contributed by atoms with Crippen LogP contribution >= 0.6 is 11.8 Å². The van der Waals surface area contributed by atoms with Crippen LogP contribution in [0.15, 0.2) is 23.1 Å². The van der Waals surface area contributed by atoms with Gasteiger partial charge in [0.25, 0.3) is 5.91 Å². The highest BCUT2D eigenvalue weighted by Crippen LogP contribution is 2.25. The Morgan fingerprint density at radius 1 is 1.40 bits per heavy atom. The molecule has 20 heavy (non-hydrogen) atoms. The van der Waals surface area contributed by atoms with Gasteiger partial charge in [0.2, 0.25) is 0 Å². The van der Waals surface area contributed by atoms with Crippen molar-refractivity contribution in [2.75, 3.05) is 12.8 Å². The molecule has 2 rings (SSSR count). The van der Waals surface area contributed by atoms with E-state index in [-0.39, 0.29) is 18.9 Å². The van der Waals surface area contributed by atoms with Gasteiger partial charge in [-0.2, -0.15) is 0 Å². The number of β-amino-alcohol motifs (C(OH)–C–C–N with tert-alkyl or cyclic N) is 1. The number of carboxylic acids is 1. The van der Waals surface area contributed by atoms with E-state index in [1.54, 1.807) is 6.07 Å². The number of hydrogen-bond acceptors (Lipinski definition) is 4. The molecular formula is C14H17NO4S. The number of carbonyl (C=O) groups is 2. The van der Waals surface area contributed by atoms with Gasteiger partial charge in [0.15, 0.2) is 0 Å². The SMILES string of the molecule is CSc1ccc(C)c(C(=O)N2C[C@@H](O)C[C@H]2C(=O)O)c1. The van der Waals surface area contributed by atoms with Crippen molar-refractivity contribution in [3.63, 3.8) is 0 Å². The van der Waals surface area contributed by atoms with E-state index < -0.39 is 18.1 Å². The molecule has 1 aliphatic rings. The molecule has 1 fully saturated rings. The predicted octanol–water partition coefficient (Wildman–Crippen LogP) is 1.38. The lowest BCUT2D eigenvalue weighted by molar-refractivity contribution is -0.141. The van der Waals surface area contributed by atoms with Crippen molar-refractivity contribution in [3.8, 4) is 0 Å². The number of hydrogen-bond donors (Lipinski definition) is 2. The van der Waals surface area contributed by atoms with Crippen LogP contribution in [0, 0.1) is 6.92 Å². The van der Waals surface area contributed by atoms with Gasteiger partial charge in [0.05, 0.1) is 6.10 Å². The second-order valence-electron chi connectivity index (χ2n) is 4.88. The molecular weight excluding hydrogens is 278 g/mol. The zero-order valence-corrected chi connectivity index (χ0v) is 12.2. The first-order valence-electron chi connectivity index (χ1n) is 6.30. The highest BCUT2D eigenvalue weighted by Gasteiger charge is 2.39. The number of aryl methyl sites for hydroxylation is 1. The number of carbonyl (C=O) groups excluding carboxylic acids is 1. The first-order chi connectivity index (χ1) is 9.43. The van der Waals surface area contributed by atoms with E-state index in [2.05, 4.69) is 0 Å². The summed E-state index contributed by atoms with van der Waals surface area (Å²) in [7, 11) is 0. The monoisotopic (exact) mass is 295 g/mol. The Morgan fingerprint density at radius 2 is 2.10 bits per heavy atom. The fourth-order valence-corrected chi connectivity index (χ4v) is 2.83. The van der Waals surface area contributed by atoms with Crippen LogP contribution in [-0.4, -0.2) is 51.9 Å². The van der Waals surface area contributed by atoms with Crippen LogP contribution in [0.25, 0.3) is 0 Å². The van der Waals surface area contributed by atoms with Gasteiger partial charge < -0.3 is 15.1 Å². The fourth-order valence-electron chi connectivity index (χ4n) is 2.39. The number of carboxylic acid groups (broad SMARTS) is 1. The third kappa shape index (κ3) is 2.81. The van der Waals surface area contributed by atoms with Gasteiger partial charge >= 0.3 is 5.97 Å². The first kappa shape index (κ1) is 14.9. The normalized spacial score (nSPS) is 22.1. The lowest BCUT2D eigenvalue weighted by Crippen LogP contribution is -2.40. The highest BCUT2D eigenvalue weighted by molar-refractivity contribution is 7.98. The summed E-state index contributed by atoms with van der Waals surface area (Å²) in [6.07, 6.45) is 1.23. The van der Waals surface area contributed by atoms with E-state index in [0.717, 1.165) is 10.5 Å². The summed E-state index contributed by atoms with van der Waals surface area (Å²) in [6.45, 7) is 1.89. The molecule has 1 saturated heterocycles. The smallest absolute Gasteiger partial charge is 0.326 e. The van der Waals surface area contributed by atoms with Crippen LogP contribution in [-0.2, 0) is 4.79 Å². The van der Waals surface area contributed by atoms with Gasteiger partial charge in [0, 0.05) is 23.4 Å². The molecule has 0 aliphatic carbocycles. The molecule has 2 N–H and O–H groups in total. The second kappa shape index (κ2) is 5.85. The molecule has 6 heteroatoms. The average molecular weight is 295 g/mol. The summed E-state index contributed by atoms with van der Waals surface area (Å²) in [5.74, 6) is -1.41. The van der Waals surface area contributed by atoms with Crippen LogP contribution in [0.4, 0.5) is 0 Å². The molecule has 1 amide bonds. The van der Waals surface area contributed by atoms with Crippen LogP contribution in [0.5, 0.6) is 0 Å². The summed E-state index contributed by atoms with van der Waals surface area (Å²) < 4.78 is 0. The number of thioether (sulfide) groups is 1. The maximum absolute atomic E-state index is 12.5. The lowest BCUT2D eigenvalue weighted by Gasteiger charge is -2.22. The fraction of sp³-hybridized carbons (Fsp3) is 0.429. The Hall–Kier alpha value is -1.53. The van der Waals surface area contributed by atoms with E-state index in [9.17, 15) is 14.7 Å². The average Bonchev–Trinajstić information content (AvgIpc) is 2.81. The number of amides is 1. The van der Waals surface area contributed by atoms with Gasteiger partial charge in [-0.25, -0.2) is 4.79 Å². The molecule has 1 heterocycles. The Labute approximate surface area is 121 Å². The van der Waals surface area contributed by atoms with Gasteiger partial charge in [-0.05, 0) is 30.9 Å². The zero-order chi connectivity index (χ0) is 14.9. The highest BCUT2D eigenvalue weighted by atomic mass is 32.2. The van der Waals surface area contributed by atoms with Crippen LogP contribution in [0.3, 0.4) is 0 Å². The summed E-state index contributed by atoms with van der Waals surface area (Å²) in [5.41, 5.74) is 1.30. The Balaban J connectivity index is 2.33. The summed E-state index contributed by atoms with van der Waals surface area (Å²) in [5, 5.41) is 18.8. The van der Waals surface area contributed by atoms with Gasteiger partial charge in [-0.1, -0.05) is 6.07 Å². The van der Waals surface area contributed by atoms with Crippen molar-refractivity contribution < 1.29 is 19.8 Å². The molecule has 0 aromatic heterocycles. The number of rotatable bonds is 3. The molecule has 0 bridgehead atoms. The molecule has 108 valence electrons. The van der Waals surface area contributed by atoms with E-state index in [1.165, 1.54) is 16.7 Å². The number of nitrogens with zero attached hydrogens (tertiary/aromatic N) is 1. The third-order valence-electron chi connectivity index (χ3n) is 3.50. The minimum absolute atomic E-state index is 0.0682. The Morgan fingerprint density at radius 3 is 2.70 bits per heavy atom. The second-order valence-corrected chi connectivity index (χ2v) is 5.76. The van der Waals surface area contributed by atoms with Crippen molar-refractivity contribution >= 4 is 23.6 Å². The third-order valence-corrected chi connectivity index (χ3v) is 4.23. The van der Waals surface area contributed by atoms with Crippen LogP contribution in [0.1, 0.15) is 22.3 Å². The number of likely N-dealkylation sites (tertiary alicyclic amines) is 1. The predicted molar refractivity (Wildman–Crippen MR) is 76.0 cm³/mol. The van der Waals surface area contributed by atoms with Crippen molar-refractivity contribution in [1.29, 1.82) is 0 Å². The number of benzene rings is 1. The quantitative estimate of drug-likeness (QED) is 0.824. The molecule has 1 aromatic rings. The first-order valence-corrected chi connectivity index (χ1v) is 7.53. The largest absolute Gasteiger partial charge is 0.480 e. The molecule has 0 unspecified atom stereocenters. The molecule has 0 spiro atoms. The summed E-state index contributed by atoms with van der Waals surface area (Å²) >= 11 is 1.52. The molecule has 0 saturated carbocycles. The number of aliphatic hydroxyl groups excluding tert-OH is 1. The topological polar surface area (TPSA) is 77.8 Å². The standard InChI is InChI=1S/C14H17NO4S/c1-8-3-4-10(20-2)6-11(8)13(17)15-7-9(16)5-12(15)14(18)19/h3-4,6,9,12,16H,5,7H2,1-2H3,(H,18,19)/t9-,12-/m0/s1. The molecule has 1 aliphatic heterocycles. The molecule has 1 aromatic carbocycles. The van der Waals surface area contributed by atoms with E-state index in [0.29, 0.717) is 5.56 Å². The van der Waals surface area contributed by atoms with E-state index >= 15 is 0 Å². The molecule has 0 radical (unpaired) electrons. The van der Waals surface area contributed by atoms with Crippen molar-refractivity contribution in [2.24, 2.45) is 0 Å². The van der Waals surface area contributed by atoms with E-state index in [4.69, 9.17) is 5.11 Å². The van der Waals surface area contributed by atoms with Gasteiger partial charge in [-0.3, -0.25) is 4.79 Å².